The first-order chi connectivity index (χ1) is 9.02. The number of carboxylic acids is 1. The normalized spacial score (nSPS) is 16.4. The van der Waals surface area contributed by atoms with Crippen LogP contribution < -0.4 is 0 Å². The van der Waals surface area contributed by atoms with Crippen LogP contribution in [-0.2, 0) is 11.8 Å². The lowest BCUT2D eigenvalue weighted by atomic mass is 9.93. The van der Waals surface area contributed by atoms with Crippen LogP contribution >= 0.6 is 0 Å². The summed E-state index contributed by atoms with van der Waals surface area (Å²) in [4.78, 5) is 24.0. The van der Waals surface area contributed by atoms with Crippen molar-refractivity contribution < 1.29 is 19.4 Å². The summed E-state index contributed by atoms with van der Waals surface area (Å²) >= 11 is 0. The number of piperidine rings is 1. The average molecular weight is 267 g/mol. The Kier molecular flexibility index (Phi) is 3.73. The highest BCUT2D eigenvalue weighted by Gasteiger charge is 2.26. The Hall–Kier alpha value is -2.05. The molecule has 1 aliphatic rings. The first-order valence-corrected chi connectivity index (χ1v) is 6.13. The number of rotatable bonds is 2. The fraction of sp³-hybridized carbons (Fsp3) is 0.583. The minimum Gasteiger partial charge on any atom is -0.477 e. The van der Waals surface area contributed by atoms with Crippen LogP contribution in [0.5, 0.6) is 0 Å². The second-order valence-electron chi connectivity index (χ2n) is 4.61. The Balaban J connectivity index is 2.04. The fourth-order valence-corrected chi connectivity index (χ4v) is 2.38. The van der Waals surface area contributed by atoms with Gasteiger partial charge in [-0.3, -0.25) is 4.68 Å². The van der Waals surface area contributed by atoms with E-state index in [1.165, 1.54) is 11.8 Å². The number of methoxy groups -OCH3 is 1. The molecule has 0 bridgehead atoms. The number of hydrogen-bond donors (Lipinski definition) is 1. The zero-order valence-corrected chi connectivity index (χ0v) is 11.0. The molecule has 1 fully saturated rings. The van der Waals surface area contributed by atoms with Crippen molar-refractivity contribution in [1.29, 1.82) is 0 Å². The summed E-state index contributed by atoms with van der Waals surface area (Å²) in [6, 6.07) is 1.61. The third-order valence-electron chi connectivity index (χ3n) is 3.46. The number of ether oxygens (including phenoxy) is 1. The van der Waals surface area contributed by atoms with Crippen molar-refractivity contribution in [2.45, 2.75) is 18.8 Å². The molecule has 7 nitrogen and oxygen atoms in total. The number of aryl methyl sites for hydroxylation is 1. The molecule has 2 rings (SSSR count). The summed E-state index contributed by atoms with van der Waals surface area (Å²) in [5.74, 6) is -0.784. The molecule has 0 atom stereocenters. The summed E-state index contributed by atoms with van der Waals surface area (Å²) in [5.41, 5.74) is 0.967. The van der Waals surface area contributed by atoms with Gasteiger partial charge in [0, 0.05) is 26.1 Å². The van der Waals surface area contributed by atoms with E-state index in [1.54, 1.807) is 18.0 Å². The van der Waals surface area contributed by atoms with Crippen LogP contribution in [0.2, 0.25) is 0 Å². The third kappa shape index (κ3) is 2.69. The number of carbonyl (C=O) groups is 2. The predicted octanol–water partition coefficient (Wildman–Crippen LogP) is 1.06. The van der Waals surface area contributed by atoms with Gasteiger partial charge in [0.25, 0.3) is 0 Å². The molecule has 19 heavy (non-hydrogen) atoms. The molecular formula is C12H17N3O4. The van der Waals surface area contributed by atoms with Gasteiger partial charge in [0.05, 0.1) is 12.8 Å². The number of aromatic carboxylic acids is 1. The molecule has 1 aliphatic heterocycles. The van der Waals surface area contributed by atoms with Crippen molar-refractivity contribution in [3.8, 4) is 0 Å². The van der Waals surface area contributed by atoms with Crippen molar-refractivity contribution in [3.05, 3.63) is 17.5 Å². The van der Waals surface area contributed by atoms with Crippen molar-refractivity contribution in [1.82, 2.24) is 14.7 Å². The topological polar surface area (TPSA) is 84.7 Å². The SMILES string of the molecule is COC(=O)N1CCC(c2cc(C(=O)O)n(C)n2)CC1. The second kappa shape index (κ2) is 5.29. The Morgan fingerprint density at radius 1 is 1.42 bits per heavy atom. The largest absolute Gasteiger partial charge is 0.477 e. The van der Waals surface area contributed by atoms with E-state index < -0.39 is 5.97 Å². The molecule has 0 saturated carbocycles. The quantitative estimate of drug-likeness (QED) is 0.866. The number of likely N-dealkylation sites (tertiary alicyclic amines) is 1. The standard InChI is InChI=1S/C12H17N3O4/c1-14-10(11(16)17)7-9(13-14)8-3-5-15(6-4-8)12(18)19-2/h7-8H,3-6H2,1-2H3,(H,16,17). The van der Waals surface area contributed by atoms with Crippen molar-refractivity contribution >= 4 is 12.1 Å². The van der Waals surface area contributed by atoms with Crippen LogP contribution in [0.3, 0.4) is 0 Å². The van der Waals surface area contributed by atoms with E-state index in [9.17, 15) is 9.59 Å². The molecule has 104 valence electrons. The highest BCUT2D eigenvalue weighted by atomic mass is 16.5. The summed E-state index contributed by atoms with van der Waals surface area (Å²) in [6.45, 7) is 1.21. The van der Waals surface area contributed by atoms with Gasteiger partial charge < -0.3 is 14.7 Å². The number of nitrogens with zero attached hydrogens (tertiary/aromatic N) is 3. The smallest absolute Gasteiger partial charge is 0.409 e. The molecular weight excluding hydrogens is 250 g/mol. The lowest BCUT2D eigenvalue weighted by molar-refractivity contribution is 0.0685. The van der Waals surface area contributed by atoms with Gasteiger partial charge in [-0.2, -0.15) is 5.10 Å². The highest BCUT2D eigenvalue weighted by Crippen LogP contribution is 2.27. The summed E-state index contributed by atoms with van der Waals surface area (Å²) in [5, 5.41) is 13.2. The molecule has 1 N–H and O–H groups in total. The predicted molar refractivity (Wildman–Crippen MR) is 66.1 cm³/mol. The minimum atomic E-state index is -0.978. The average Bonchev–Trinajstić information content (AvgIpc) is 2.80. The van der Waals surface area contributed by atoms with Crippen LogP contribution in [0.15, 0.2) is 6.07 Å². The van der Waals surface area contributed by atoms with Gasteiger partial charge >= 0.3 is 12.1 Å². The van der Waals surface area contributed by atoms with Gasteiger partial charge in [-0.1, -0.05) is 0 Å². The lowest BCUT2D eigenvalue weighted by Crippen LogP contribution is -2.37. The molecule has 2 heterocycles. The van der Waals surface area contributed by atoms with E-state index in [0.717, 1.165) is 18.5 Å². The van der Waals surface area contributed by atoms with E-state index in [-0.39, 0.29) is 17.7 Å². The molecule has 0 aliphatic carbocycles. The Bertz CT molecular complexity index is 489. The maximum Gasteiger partial charge on any atom is 0.409 e. The van der Waals surface area contributed by atoms with Gasteiger partial charge in [-0.05, 0) is 18.9 Å². The molecule has 1 saturated heterocycles. The first-order valence-electron chi connectivity index (χ1n) is 6.13. The Morgan fingerprint density at radius 2 is 2.05 bits per heavy atom. The summed E-state index contributed by atoms with van der Waals surface area (Å²) in [6.07, 6.45) is 1.22. The van der Waals surface area contributed by atoms with Gasteiger partial charge in [0.1, 0.15) is 5.69 Å². The van der Waals surface area contributed by atoms with Crippen molar-refractivity contribution in [2.24, 2.45) is 7.05 Å². The molecule has 0 spiro atoms. The lowest BCUT2D eigenvalue weighted by Gasteiger charge is -2.29. The minimum absolute atomic E-state index is 0.186. The number of carbonyl (C=O) groups excluding carboxylic acids is 1. The zero-order chi connectivity index (χ0) is 14.0. The Morgan fingerprint density at radius 3 is 2.53 bits per heavy atom. The van der Waals surface area contributed by atoms with Crippen LogP contribution in [-0.4, -0.2) is 52.0 Å². The summed E-state index contributed by atoms with van der Waals surface area (Å²) < 4.78 is 6.05. The number of hydrogen-bond acceptors (Lipinski definition) is 4. The third-order valence-corrected chi connectivity index (χ3v) is 3.46. The number of amides is 1. The fourth-order valence-electron chi connectivity index (χ4n) is 2.38. The van der Waals surface area contributed by atoms with E-state index in [4.69, 9.17) is 5.11 Å². The van der Waals surface area contributed by atoms with Crippen LogP contribution in [0.4, 0.5) is 4.79 Å². The monoisotopic (exact) mass is 267 g/mol. The van der Waals surface area contributed by atoms with Crippen LogP contribution in [0.1, 0.15) is 34.9 Å². The van der Waals surface area contributed by atoms with E-state index >= 15 is 0 Å². The van der Waals surface area contributed by atoms with Gasteiger partial charge in [0.2, 0.25) is 0 Å². The maximum absolute atomic E-state index is 11.4. The summed E-state index contributed by atoms with van der Waals surface area (Å²) in [7, 11) is 2.99. The second-order valence-corrected chi connectivity index (χ2v) is 4.61. The molecule has 0 radical (unpaired) electrons. The van der Waals surface area contributed by atoms with Crippen molar-refractivity contribution in [3.63, 3.8) is 0 Å². The Labute approximate surface area is 110 Å². The molecule has 7 heteroatoms. The van der Waals surface area contributed by atoms with Gasteiger partial charge in [0.15, 0.2) is 0 Å². The zero-order valence-electron chi connectivity index (χ0n) is 11.0. The molecule has 1 aromatic rings. The maximum atomic E-state index is 11.4. The van der Waals surface area contributed by atoms with Crippen molar-refractivity contribution in [2.75, 3.05) is 20.2 Å². The van der Waals surface area contributed by atoms with E-state index in [2.05, 4.69) is 9.84 Å². The van der Waals surface area contributed by atoms with Crippen LogP contribution in [0, 0.1) is 0 Å². The number of carboxylic acid groups (broad SMARTS) is 1. The van der Waals surface area contributed by atoms with Gasteiger partial charge in [-0.25, -0.2) is 9.59 Å². The number of aromatic nitrogens is 2. The van der Waals surface area contributed by atoms with E-state index in [0.29, 0.717) is 13.1 Å². The molecule has 1 amide bonds. The molecule has 0 aromatic carbocycles. The van der Waals surface area contributed by atoms with E-state index in [1.807, 2.05) is 0 Å². The van der Waals surface area contributed by atoms with Crippen LogP contribution in [0.25, 0.3) is 0 Å². The highest BCUT2D eigenvalue weighted by molar-refractivity contribution is 5.85. The van der Waals surface area contributed by atoms with Gasteiger partial charge in [-0.15, -0.1) is 0 Å². The first kappa shape index (κ1) is 13.4. The molecule has 1 aromatic heterocycles. The molecule has 0 unspecified atom stereocenters.